The molecular weight excluding hydrogens is 238 g/mol. The van der Waals surface area contributed by atoms with E-state index in [9.17, 15) is 5.11 Å². The molecule has 4 N–H and O–H groups in total. The molecule has 0 spiro atoms. The van der Waals surface area contributed by atoms with Gasteiger partial charge in [-0.3, -0.25) is 5.10 Å². The first-order valence-corrected chi connectivity index (χ1v) is 5.44. The summed E-state index contributed by atoms with van der Waals surface area (Å²) in [6.07, 6.45) is 2.00. The first-order chi connectivity index (χ1) is 7.58. The van der Waals surface area contributed by atoms with Gasteiger partial charge in [0.25, 0.3) is 0 Å². The highest BCUT2D eigenvalue weighted by Crippen LogP contribution is 2.19. The van der Waals surface area contributed by atoms with Gasteiger partial charge in [-0.05, 0) is 37.5 Å². The number of aryl methyl sites for hydroxylation is 1. The zero-order valence-corrected chi connectivity index (χ0v) is 10.8. The molecule has 0 saturated heterocycles. The summed E-state index contributed by atoms with van der Waals surface area (Å²) in [4.78, 5) is 0. The molecule has 0 amide bonds. The van der Waals surface area contributed by atoms with Crippen molar-refractivity contribution in [2.45, 2.75) is 32.4 Å². The summed E-state index contributed by atoms with van der Waals surface area (Å²) < 4.78 is 0. The first kappa shape index (κ1) is 14.0. The largest absolute Gasteiger partial charge is 0.392 e. The number of benzene rings is 1. The quantitative estimate of drug-likeness (QED) is 0.779. The molecule has 2 aromatic rings. The van der Waals surface area contributed by atoms with Crippen molar-refractivity contribution in [1.29, 1.82) is 0 Å². The maximum atomic E-state index is 9.38. The third-order valence-corrected chi connectivity index (χ3v) is 2.90. The molecule has 0 aliphatic rings. The van der Waals surface area contributed by atoms with Crippen molar-refractivity contribution in [2.24, 2.45) is 5.73 Å². The monoisotopic (exact) mass is 255 g/mol. The van der Waals surface area contributed by atoms with Crippen molar-refractivity contribution in [3.63, 3.8) is 0 Å². The van der Waals surface area contributed by atoms with E-state index in [-0.39, 0.29) is 18.4 Å². The number of aromatic nitrogens is 2. The van der Waals surface area contributed by atoms with Crippen LogP contribution >= 0.6 is 12.4 Å². The number of nitrogens with two attached hydrogens (primary N) is 1. The van der Waals surface area contributed by atoms with Crippen LogP contribution < -0.4 is 5.73 Å². The number of aromatic amines is 1. The van der Waals surface area contributed by atoms with Crippen LogP contribution in [0.4, 0.5) is 0 Å². The lowest BCUT2D eigenvalue weighted by molar-refractivity contribution is 0.163. The van der Waals surface area contributed by atoms with Gasteiger partial charge in [-0.25, -0.2) is 0 Å². The summed E-state index contributed by atoms with van der Waals surface area (Å²) in [6.45, 7) is 3.76. The molecule has 17 heavy (non-hydrogen) atoms. The summed E-state index contributed by atoms with van der Waals surface area (Å²) in [5.41, 5.74) is 9.20. The summed E-state index contributed by atoms with van der Waals surface area (Å²) in [5, 5.41) is 17.4. The second-order valence-electron chi connectivity index (χ2n) is 4.36. The number of aliphatic hydroxyl groups excluding tert-OH is 1. The fourth-order valence-corrected chi connectivity index (χ4v) is 1.87. The van der Waals surface area contributed by atoms with E-state index in [2.05, 4.69) is 22.3 Å². The van der Waals surface area contributed by atoms with Crippen molar-refractivity contribution < 1.29 is 5.11 Å². The molecule has 94 valence electrons. The smallest absolute Gasteiger partial charge is 0.0679 e. The van der Waals surface area contributed by atoms with E-state index >= 15 is 0 Å². The fourth-order valence-electron chi connectivity index (χ4n) is 1.87. The summed E-state index contributed by atoms with van der Waals surface area (Å²) in [6, 6.07) is 3.93. The van der Waals surface area contributed by atoms with Gasteiger partial charge < -0.3 is 10.8 Å². The molecule has 0 aliphatic carbocycles. The fraction of sp³-hybridized carbons (Fsp3) is 0.417. The minimum Gasteiger partial charge on any atom is -0.392 e. The lowest BCUT2D eigenvalue weighted by atomic mass is 9.99. The van der Waals surface area contributed by atoms with E-state index < -0.39 is 6.10 Å². The molecule has 0 saturated carbocycles. The average molecular weight is 256 g/mol. The molecule has 2 atom stereocenters. The molecule has 0 aliphatic heterocycles. The second-order valence-corrected chi connectivity index (χ2v) is 4.36. The molecule has 0 bridgehead atoms. The van der Waals surface area contributed by atoms with Crippen molar-refractivity contribution >= 4 is 23.3 Å². The van der Waals surface area contributed by atoms with Gasteiger partial charge in [0, 0.05) is 11.4 Å². The van der Waals surface area contributed by atoms with Gasteiger partial charge in [-0.1, -0.05) is 6.07 Å². The Labute approximate surface area is 107 Å². The molecule has 0 fully saturated rings. The molecule has 1 aromatic carbocycles. The Morgan fingerprint density at radius 3 is 2.82 bits per heavy atom. The zero-order valence-electron chi connectivity index (χ0n) is 9.97. The summed E-state index contributed by atoms with van der Waals surface area (Å²) in [7, 11) is 0. The van der Waals surface area contributed by atoms with E-state index in [4.69, 9.17) is 5.73 Å². The molecule has 0 radical (unpaired) electrons. The Bertz CT molecular complexity index is 495. The highest BCUT2D eigenvalue weighted by Gasteiger charge is 2.11. The van der Waals surface area contributed by atoms with Gasteiger partial charge in [0.2, 0.25) is 0 Å². The standard InChI is InChI=1S/C12H17N3O.ClH/c1-7-3-9(5-11(13)8(2)16)4-10-6-14-15-12(7)10;/h3-4,6,8,11,16H,5,13H2,1-2H3,(H,14,15);1H/t8-,11?;/m1./s1. The summed E-state index contributed by atoms with van der Waals surface area (Å²) >= 11 is 0. The van der Waals surface area contributed by atoms with Gasteiger partial charge >= 0.3 is 0 Å². The predicted molar refractivity (Wildman–Crippen MR) is 71.4 cm³/mol. The number of hydrogen-bond acceptors (Lipinski definition) is 3. The number of aliphatic hydroxyl groups is 1. The lowest BCUT2D eigenvalue weighted by Gasteiger charge is -2.15. The minimum atomic E-state index is -0.486. The maximum Gasteiger partial charge on any atom is 0.0679 e. The van der Waals surface area contributed by atoms with Crippen LogP contribution in [0.2, 0.25) is 0 Å². The number of H-pyrrole nitrogens is 1. The third-order valence-electron chi connectivity index (χ3n) is 2.90. The van der Waals surface area contributed by atoms with Crippen LogP contribution in [0.5, 0.6) is 0 Å². The molecule has 1 aromatic heterocycles. The van der Waals surface area contributed by atoms with E-state index in [0.717, 1.165) is 22.0 Å². The van der Waals surface area contributed by atoms with Crippen LogP contribution in [0.25, 0.3) is 10.9 Å². The van der Waals surface area contributed by atoms with Crippen LogP contribution in [0.15, 0.2) is 18.3 Å². The van der Waals surface area contributed by atoms with E-state index in [1.807, 2.05) is 6.92 Å². The van der Waals surface area contributed by atoms with Crippen LogP contribution in [-0.2, 0) is 6.42 Å². The van der Waals surface area contributed by atoms with E-state index in [1.54, 1.807) is 13.1 Å². The average Bonchev–Trinajstić information content (AvgIpc) is 2.65. The van der Waals surface area contributed by atoms with Crippen LogP contribution in [0.1, 0.15) is 18.1 Å². The predicted octanol–water partition coefficient (Wildman–Crippen LogP) is 1.54. The van der Waals surface area contributed by atoms with Crippen LogP contribution in [-0.4, -0.2) is 27.4 Å². The highest BCUT2D eigenvalue weighted by molar-refractivity contribution is 5.85. The van der Waals surface area contributed by atoms with Crippen molar-refractivity contribution in [3.8, 4) is 0 Å². The van der Waals surface area contributed by atoms with E-state index in [1.165, 1.54) is 0 Å². The Balaban J connectivity index is 0.00000144. The Kier molecular flexibility index (Phi) is 4.51. The highest BCUT2D eigenvalue weighted by atomic mass is 35.5. The Hall–Kier alpha value is -1.10. The molecule has 5 heteroatoms. The van der Waals surface area contributed by atoms with Gasteiger partial charge in [0.15, 0.2) is 0 Å². The topological polar surface area (TPSA) is 74.9 Å². The van der Waals surface area contributed by atoms with Gasteiger partial charge in [0.1, 0.15) is 0 Å². The lowest BCUT2D eigenvalue weighted by Crippen LogP contribution is -2.34. The van der Waals surface area contributed by atoms with Gasteiger partial charge in [0.05, 0.1) is 17.8 Å². The molecule has 1 heterocycles. The van der Waals surface area contributed by atoms with Crippen molar-refractivity contribution in [1.82, 2.24) is 10.2 Å². The number of fused-ring (bicyclic) bond motifs is 1. The third kappa shape index (κ3) is 2.97. The van der Waals surface area contributed by atoms with Crippen molar-refractivity contribution in [3.05, 3.63) is 29.5 Å². The maximum absolute atomic E-state index is 9.38. The van der Waals surface area contributed by atoms with Gasteiger partial charge in [-0.15, -0.1) is 12.4 Å². The van der Waals surface area contributed by atoms with Crippen LogP contribution in [0.3, 0.4) is 0 Å². The number of nitrogens with one attached hydrogen (secondary N) is 1. The summed E-state index contributed by atoms with van der Waals surface area (Å²) in [5.74, 6) is 0. The van der Waals surface area contributed by atoms with E-state index in [0.29, 0.717) is 6.42 Å². The number of halogens is 1. The van der Waals surface area contributed by atoms with Gasteiger partial charge in [-0.2, -0.15) is 5.10 Å². The second kappa shape index (κ2) is 5.49. The molecule has 4 nitrogen and oxygen atoms in total. The number of rotatable bonds is 3. The molecule has 1 unspecified atom stereocenters. The van der Waals surface area contributed by atoms with Crippen molar-refractivity contribution in [2.75, 3.05) is 0 Å². The SMILES string of the molecule is Cc1cc(CC(N)[C@@H](C)O)cc2cn[nH]c12.Cl. The Morgan fingerprint density at radius 2 is 2.18 bits per heavy atom. The molecular formula is C12H18ClN3O. The molecule has 2 rings (SSSR count). The minimum absolute atomic E-state index is 0. The Morgan fingerprint density at radius 1 is 1.47 bits per heavy atom. The van der Waals surface area contributed by atoms with Crippen LogP contribution in [0, 0.1) is 6.92 Å². The number of nitrogens with zero attached hydrogens (tertiary/aromatic N) is 1. The zero-order chi connectivity index (χ0) is 11.7. The first-order valence-electron chi connectivity index (χ1n) is 5.44. The number of hydrogen-bond donors (Lipinski definition) is 3. The normalized spacial score (nSPS) is 14.4.